The molecule has 0 saturated carbocycles. The molecule has 0 spiro atoms. The molecule has 0 bridgehead atoms. The summed E-state index contributed by atoms with van der Waals surface area (Å²) in [7, 11) is 0. The van der Waals surface area contributed by atoms with E-state index in [1.807, 2.05) is 51.1 Å². The SMILES string of the molecule is CC(C)(C)O[C@H]1CO[C@@H](Sc2ccccc2)[C@H](O)[C@H]1O.[Ac]. The van der Waals surface area contributed by atoms with E-state index in [1.54, 1.807) is 0 Å². The van der Waals surface area contributed by atoms with Crippen molar-refractivity contribution in [3.8, 4) is 0 Å². The zero-order valence-electron chi connectivity index (χ0n) is 12.6. The van der Waals surface area contributed by atoms with Gasteiger partial charge in [0.05, 0.1) is 12.2 Å². The first-order chi connectivity index (χ1) is 9.37. The molecule has 1 aliphatic rings. The second-order valence-electron chi connectivity index (χ2n) is 5.88. The van der Waals surface area contributed by atoms with Gasteiger partial charge in [0.2, 0.25) is 0 Å². The molecule has 1 aliphatic heterocycles. The van der Waals surface area contributed by atoms with Crippen LogP contribution in [0.5, 0.6) is 0 Å². The van der Waals surface area contributed by atoms with Crippen LogP contribution in [0.2, 0.25) is 0 Å². The molecule has 0 aliphatic carbocycles. The van der Waals surface area contributed by atoms with Crippen LogP contribution in [0.4, 0.5) is 0 Å². The number of benzene rings is 1. The topological polar surface area (TPSA) is 58.9 Å². The average Bonchev–Trinajstić information content (AvgIpc) is 2.38. The molecule has 1 radical (unpaired) electrons. The Labute approximate surface area is 166 Å². The second kappa shape index (κ2) is 8.63. The molecule has 0 amide bonds. The van der Waals surface area contributed by atoms with Crippen molar-refractivity contribution in [3.05, 3.63) is 30.3 Å². The summed E-state index contributed by atoms with van der Waals surface area (Å²) in [6.07, 6.45) is -2.41. The van der Waals surface area contributed by atoms with Gasteiger partial charge in [-0.25, -0.2) is 0 Å². The maximum atomic E-state index is 10.2. The first-order valence-corrected chi connectivity index (χ1v) is 7.62. The number of rotatable bonds is 3. The average molecular weight is 525 g/mol. The summed E-state index contributed by atoms with van der Waals surface area (Å²) in [5.74, 6) is 0. The van der Waals surface area contributed by atoms with Crippen LogP contribution in [0.1, 0.15) is 20.8 Å². The molecule has 1 heterocycles. The third-order valence-electron chi connectivity index (χ3n) is 2.93. The Morgan fingerprint density at radius 3 is 2.33 bits per heavy atom. The fraction of sp³-hybridized carbons (Fsp3) is 0.600. The van der Waals surface area contributed by atoms with Crippen molar-refractivity contribution < 1.29 is 63.7 Å². The molecule has 1 fully saturated rings. The standard InChI is InChI=1S/C15H22O4S.Ac/c1-15(2,3)19-11-9-18-14(13(17)12(11)16)20-10-7-5-4-6-8-10;/h4-8,11-14,16-17H,9H2,1-3H3;/t11-,12-,13+,14-;/m0./s1. The quantitative estimate of drug-likeness (QED) is 0.633. The first kappa shape index (κ1) is 19.9. The molecule has 1 saturated heterocycles. The van der Waals surface area contributed by atoms with Crippen LogP contribution in [0, 0.1) is 44.1 Å². The summed E-state index contributed by atoms with van der Waals surface area (Å²) >= 11 is 1.41. The minimum atomic E-state index is -0.971. The van der Waals surface area contributed by atoms with E-state index in [9.17, 15) is 10.2 Å². The van der Waals surface area contributed by atoms with Crippen molar-refractivity contribution in [1.82, 2.24) is 0 Å². The molecular weight excluding hydrogens is 503 g/mol. The monoisotopic (exact) mass is 525 g/mol. The van der Waals surface area contributed by atoms with E-state index < -0.39 is 23.7 Å². The van der Waals surface area contributed by atoms with Crippen LogP contribution in [0.25, 0.3) is 0 Å². The van der Waals surface area contributed by atoms with Crippen molar-refractivity contribution in [2.24, 2.45) is 0 Å². The minimum Gasteiger partial charge on any atom is -0.387 e. The molecule has 2 rings (SSSR count). The zero-order valence-corrected chi connectivity index (χ0v) is 18.2. The summed E-state index contributed by atoms with van der Waals surface area (Å²) in [5.41, 5.74) is -0.860. The van der Waals surface area contributed by atoms with Gasteiger partial charge in [0.25, 0.3) is 0 Å². The molecule has 21 heavy (non-hydrogen) atoms. The first-order valence-electron chi connectivity index (χ1n) is 6.74. The molecule has 1 aromatic rings. The maximum absolute atomic E-state index is 10.2. The number of thioether (sulfide) groups is 1. The van der Waals surface area contributed by atoms with Gasteiger partial charge in [-0.1, -0.05) is 30.0 Å². The van der Waals surface area contributed by atoms with Gasteiger partial charge in [-0.3, -0.25) is 0 Å². The van der Waals surface area contributed by atoms with E-state index >= 15 is 0 Å². The molecule has 115 valence electrons. The van der Waals surface area contributed by atoms with E-state index in [4.69, 9.17) is 9.47 Å². The third kappa shape index (κ3) is 6.10. The summed E-state index contributed by atoms with van der Waals surface area (Å²) in [4.78, 5) is 0.999. The van der Waals surface area contributed by atoms with Crippen LogP contribution in [0.3, 0.4) is 0 Å². The van der Waals surface area contributed by atoms with Crippen molar-refractivity contribution in [1.29, 1.82) is 0 Å². The summed E-state index contributed by atoms with van der Waals surface area (Å²) in [5, 5.41) is 20.4. The minimum absolute atomic E-state index is 0. The molecule has 4 nitrogen and oxygen atoms in total. The Hall–Kier alpha value is 0.852. The van der Waals surface area contributed by atoms with Gasteiger partial charge in [0.15, 0.2) is 0 Å². The molecule has 1 aromatic carbocycles. The molecule has 6 heteroatoms. The molecule has 0 unspecified atom stereocenters. The summed E-state index contributed by atoms with van der Waals surface area (Å²) in [6, 6.07) is 9.69. The maximum Gasteiger partial charge on any atom is 0.136 e. The Kier molecular flexibility index (Phi) is 8.18. The van der Waals surface area contributed by atoms with Gasteiger partial charge >= 0.3 is 0 Å². The van der Waals surface area contributed by atoms with Gasteiger partial charge in [-0.15, -0.1) is 0 Å². The number of hydrogen-bond acceptors (Lipinski definition) is 5. The zero-order chi connectivity index (χ0) is 14.8. The number of aliphatic hydroxyl groups is 2. The van der Waals surface area contributed by atoms with E-state index in [2.05, 4.69) is 0 Å². The second-order valence-corrected chi connectivity index (χ2v) is 7.05. The van der Waals surface area contributed by atoms with Crippen molar-refractivity contribution >= 4 is 11.8 Å². The van der Waals surface area contributed by atoms with Gasteiger partial charge < -0.3 is 19.7 Å². The van der Waals surface area contributed by atoms with Gasteiger partial charge in [0, 0.05) is 49.0 Å². The fourth-order valence-electron chi connectivity index (χ4n) is 2.06. The van der Waals surface area contributed by atoms with Gasteiger partial charge in [0.1, 0.15) is 23.7 Å². The van der Waals surface area contributed by atoms with Crippen LogP contribution in [-0.4, -0.2) is 46.2 Å². The Morgan fingerprint density at radius 1 is 1.14 bits per heavy atom. The number of aliphatic hydroxyl groups excluding tert-OH is 2. The molecule has 0 aromatic heterocycles. The van der Waals surface area contributed by atoms with E-state index in [0.717, 1.165) is 4.90 Å². The fourth-order valence-corrected chi connectivity index (χ4v) is 3.09. The molecule has 2 N–H and O–H groups in total. The molecular formula is C15H22AcO4S. The van der Waals surface area contributed by atoms with Crippen LogP contribution < -0.4 is 0 Å². The normalized spacial score (nSPS) is 29.8. The van der Waals surface area contributed by atoms with E-state index in [0.29, 0.717) is 0 Å². The Bertz CT molecular complexity index is 423. The number of hydrogen-bond donors (Lipinski definition) is 2. The van der Waals surface area contributed by atoms with E-state index in [1.165, 1.54) is 11.8 Å². The molecule has 4 atom stereocenters. The van der Waals surface area contributed by atoms with Crippen LogP contribution >= 0.6 is 11.8 Å². The predicted octanol–water partition coefficient (Wildman–Crippen LogP) is 2.04. The van der Waals surface area contributed by atoms with Crippen LogP contribution in [0.15, 0.2) is 35.2 Å². The van der Waals surface area contributed by atoms with E-state index in [-0.39, 0.29) is 56.3 Å². The van der Waals surface area contributed by atoms with Gasteiger partial charge in [-0.2, -0.15) is 0 Å². The third-order valence-corrected chi connectivity index (χ3v) is 4.13. The summed E-state index contributed by atoms with van der Waals surface area (Å²) < 4.78 is 11.4. The van der Waals surface area contributed by atoms with Crippen LogP contribution in [-0.2, 0) is 9.47 Å². The smallest absolute Gasteiger partial charge is 0.136 e. The number of ether oxygens (including phenoxy) is 2. The summed E-state index contributed by atoms with van der Waals surface area (Å²) in [6.45, 7) is 6.02. The van der Waals surface area contributed by atoms with Crippen molar-refractivity contribution in [2.75, 3.05) is 6.61 Å². The Balaban J connectivity index is 0.00000220. The van der Waals surface area contributed by atoms with Crippen molar-refractivity contribution in [2.45, 2.75) is 55.0 Å². The predicted molar refractivity (Wildman–Crippen MR) is 78.7 cm³/mol. The van der Waals surface area contributed by atoms with Gasteiger partial charge in [-0.05, 0) is 32.9 Å². The largest absolute Gasteiger partial charge is 0.387 e. The van der Waals surface area contributed by atoms with Crippen molar-refractivity contribution in [3.63, 3.8) is 0 Å². The Morgan fingerprint density at radius 2 is 1.76 bits per heavy atom.